The van der Waals surface area contributed by atoms with Crippen molar-refractivity contribution in [1.29, 1.82) is 0 Å². The van der Waals surface area contributed by atoms with Crippen LogP contribution in [-0.4, -0.2) is 76.0 Å². The average Bonchev–Trinajstić information content (AvgIpc) is 3.35. The van der Waals surface area contributed by atoms with Gasteiger partial charge in [-0.1, -0.05) is 30.3 Å². The van der Waals surface area contributed by atoms with Crippen LogP contribution in [-0.2, 0) is 30.6 Å². The molecule has 1 atom stereocenters. The van der Waals surface area contributed by atoms with E-state index in [1.807, 2.05) is 17.9 Å². The fourth-order valence-electron chi connectivity index (χ4n) is 5.98. The lowest BCUT2D eigenvalue weighted by Gasteiger charge is -2.43. The molecule has 1 unspecified atom stereocenters. The zero-order valence-electron chi connectivity index (χ0n) is 24.2. The summed E-state index contributed by atoms with van der Waals surface area (Å²) in [5, 5.41) is 14.2. The lowest BCUT2D eigenvalue weighted by atomic mass is 10.00. The third-order valence-corrected chi connectivity index (χ3v) is 8.22. The number of aliphatic carboxylic acids is 1. The van der Waals surface area contributed by atoms with E-state index in [4.69, 9.17) is 0 Å². The van der Waals surface area contributed by atoms with Gasteiger partial charge in [-0.15, -0.1) is 0 Å². The average molecular weight is 603 g/mol. The summed E-state index contributed by atoms with van der Waals surface area (Å²) in [4.78, 5) is 32.2. The number of halogens is 4. The molecule has 2 aliphatic heterocycles. The van der Waals surface area contributed by atoms with E-state index in [9.17, 15) is 32.3 Å². The number of urea groups is 1. The first kappa shape index (κ1) is 30.3. The van der Waals surface area contributed by atoms with Crippen LogP contribution in [0.4, 0.5) is 33.9 Å². The van der Waals surface area contributed by atoms with Crippen LogP contribution >= 0.6 is 0 Å². The number of nitrogens with zero attached hydrogens (tertiary/aromatic N) is 6. The molecule has 1 saturated heterocycles. The summed E-state index contributed by atoms with van der Waals surface area (Å²) in [5.41, 5.74) is 1.05. The van der Waals surface area contributed by atoms with Crippen LogP contribution in [0.3, 0.4) is 0 Å². The van der Waals surface area contributed by atoms with Gasteiger partial charge in [-0.2, -0.15) is 18.3 Å². The predicted molar refractivity (Wildman–Crippen MR) is 152 cm³/mol. The van der Waals surface area contributed by atoms with Gasteiger partial charge in [-0.3, -0.25) is 19.3 Å². The number of hydrogen-bond donors (Lipinski definition) is 1. The van der Waals surface area contributed by atoms with Gasteiger partial charge in [0.05, 0.1) is 30.9 Å². The number of benzene rings is 2. The van der Waals surface area contributed by atoms with E-state index in [2.05, 4.69) is 5.10 Å². The van der Waals surface area contributed by atoms with Gasteiger partial charge in [0.1, 0.15) is 11.9 Å². The van der Waals surface area contributed by atoms with Crippen molar-refractivity contribution < 1.29 is 32.3 Å². The quantitative estimate of drug-likeness (QED) is 0.367. The largest absolute Gasteiger partial charge is 0.480 e. The van der Waals surface area contributed by atoms with E-state index in [-0.39, 0.29) is 42.9 Å². The highest BCUT2D eigenvalue weighted by atomic mass is 19.4. The molecule has 0 saturated carbocycles. The molecular weight excluding hydrogens is 568 g/mol. The van der Waals surface area contributed by atoms with Gasteiger partial charge in [-0.05, 0) is 57.1 Å². The minimum atomic E-state index is -4.62. The van der Waals surface area contributed by atoms with E-state index in [1.165, 1.54) is 38.7 Å². The summed E-state index contributed by atoms with van der Waals surface area (Å²) in [6, 6.07) is 8.43. The number of fused-ring (bicyclic) bond motifs is 1. The lowest BCUT2D eigenvalue weighted by Crippen LogP contribution is -2.54. The van der Waals surface area contributed by atoms with Crippen molar-refractivity contribution in [2.75, 3.05) is 37.0 Å². The maximum absolute atomic E-state index is 14.6. The highest BCUT2D eigenvalue weighted by Gasteiger charge is 2.40. The monoisotopic (exact) mass is 602 g/mol. The molecule has 3 aromatic rings. The molecule has 0 aliphatic carbocycles. The number of hydrogen-bond acceptors (Lipinski definition) is 5. The molecule has 2 aromatic carbocycles. The summed E-state index contributed by atoms with van der Waals surface area (Å²) < 4.78 is 57.7. The Kier molecular flexibility index (Phi) is 8.37. The van der Waals surface area contributed by atoms with Gasteiger partial charge in [-0.25, -0.2) is 9.18 Å². The Balaban J connectivity index is 1.45. The lowest BCUT2D eigenvalue weighted by molar-refractivity contribution is -0.143. The maximum atomic E-state index is 14.6. The third-order valence-electron chi connectivity index (χ3n) is 8.22. The maximum Gasteiger partial charge on any atom is 0.416 e. The minimum Gasteiger partial charge on any atom is -0.480 e. The van der Waals surface area contributed by atoms with Gasteiger partial charge in [0.25, 0.3) is 0 Å². The second kappa shape index (κ2) is 11.9. The summed E-state index contributed by atoms with van der Waals surface area (Å²) in [5.74, 6) is -1.15. The number of carboxylic acid groups (broad SMARTS) is 1. The number of alkyl halides is 3. The van der Waals surface area contributed by atoms with Gasteiger partial charge < -0.3 is 14.9 Å². The topological polar surface area (TPSA) is 85.2 Å². The van der Waals surface area contributed by atoms with Crippen molar-refractivity contribution in [3.63, 3.8) is 0 Å². The van der Waals surface area contributed by atoms with Crippen molar-refractivity contribution in [3.8, 4) is 0 Å². The Morgan fingerprint density at radius 2 is 1.81 bits per heavy atom. The first-order valence-corrected chi connectivity index (χ1v) is 14.0. The molecule has 0 bridgehead atoms. The van der Waals surface area contributed by atoms with Gasteiger partial charge in [0, 0.05) is 30.9 Å². The molecule has 230 valence electrons. The van der Waals surface area contributed by atoms with E-state index < -0.39 is 29.8 Å². The van der Waals surface area contributed by atoms with E-state index in [1.54, 1.807) is 31.3 Å². The summed E-state index contributed by atoms with van der Waals surface area (Å²) in [7, 11) is 3.26. The van der Waals surface area contributed by atoms with Crippen LogP contribution in [0.5, 0.6) is 0 Å². The van der Waals surface area contributed by atoms with E-state index >= 15 is 0 Å². The van der Waals surface area contributed by atoms with E-state index in [0.717, 1.165) is 11.6 Å². The first-order valence-electron chi connectivity index (χ1n) is 14.0. The number of piperidine rings is 1. The zero-order valence-corrected chi connectivity index (χ0v) is 24.2. The Morgan fingerprint density at radius 3 is 2.44 bits per heavy atom. The first-order chi connectivity index (χ1) is 20.3. The molecule has 1 N–H and O–H groups in total. The summed E-state index contributed by atoms with van der Waals surface area (Å²) in [6.07, 6.45) is -1.88. The number of carbonyl (C=O) groups excluding carboxylic acids is 1. The second-order valence-corrected chi connectivity index (χ2v) is 11.3. The molecule has 5 rings (SSSR count). The number of para-hydroxylation sites is 1. The Morgan fingerprint density at radius 1 is 1.12 bits per heavy atom. The van der Waals surface area contributed by atoms with Crippen molar-refractivity contribution in [3.05, 3.63) is 76.7 Å². The van der Waals surface area contributed by atoms with Crippen LogP contribution in [0.25, 0.3) is 0 Å². The normalized spacial score (nSPS) is 17.0. The molecule has 3 heterocycles. The van der Waals surface area contributed by atoms with E-state index in [0.29, 0.717) is 37.2 Å². The number of anilines is 2. The van der Waals surface area contributed by atoms with Gasteiger partial charge in [0.2, 0.25) is 0 Å². The fraction of sp³-hybridized carbons (Fsp3) is 0.433. The molecule has 2 amide bonds. The van der Waals surface area contributed by atoms with Gasteiger partial charge >= 0.3 is 18.2 Å². The minimum absolute atomic E-state index is 0.0170. The van der Waals surface area contributed by atoms with Crippen molar-refractivity contribution in [2.45, 2.75) is 57.7 Å². The number of carbonyl (C=O) groups is 2. The predicted octanol–water partition coefficient (Wildman–Crippen LogP) is 4.98. The Labute approximate surface area is 246 Å². The molecule has 2 aliphatic rings. The zero-order chi connectivity index (χ0) is 31.1. The highest BCUT2D eigenvalue weighted by molar-refractivity contribution is 5.94. The smallest absolute Gasteiger partial charge is 0.416 e. The van der Waals surface area contributed by atoms with Crippen molar-refractivity contribution in [2.24, 2.45) is 0 Å². The fourth-order valence-corrected chi connectivity index (χ4v) is 5.98. The molecule has 0 radical (unpaired) electrons. The molecule has 9 nitrogen and oxygen atoms in total. The molecular formula is C30H34F4N6O3. The second-order valence-electron chi connectivity index (χ2n) is 11.3. The third kappa shape index (κ3) is 6.17. The molecule has 1 fully saturated rings. The number of rotatable bonds is 8. The molecule has 0 spiro atoms. The van der Waals surface area contributed by atoms with Crippen LogP contribution < -0.4 is 9.80 Å². The van der Waals surface area contributed by atoms with Crippen LogP contribution in [0.2, 0.25) is 0 Å². The molecule has 43 heavy (non-hydrogen) atoms. The van der Waals surface area contributed by atoms with Crippen LogP contribution in [0.15, 0.2) is 48.7 Å². The SMILES string of the molecule is Cc1cccc(F)c1N1CCC(N2Cc3cn(CC(C(=O)O)N(C)C)nc3N(Cc3ccccc3C(F)(F)F)C2=O)CC1. The number of amides is 2. The number of carboxylic acids is 1. The molecule has 13 heteroatoms. The van der Waals surface area contributed by atoms with Crippen molar-refractivity contribution in [1.82, 2.24) is 19.6 Å². The summed E-state index contributed by atoms with van der Waals surface area (Å²) in [6.45, 7) is 2.65. The number of aryl methyl sites for hydroxylation is 1. The van der Waals surface area contributed by atoms with Crippen LogP contribution in [0.1, 0.15) is 35.1 Å². The molecule has 1 aromatic heterocycles. The number of likely N-dealkylation sites (N-methyl/N-ethyl adjacent to an activating group) is 1. The Hall–Kier alpha value is -4.13. The van der Waals surface area contributed by atoms with Gasteiger partial charge in [0.15, 0.2) is 5.82 Å². The standard InChI is InChI=1S/C30H34F4N6O3/c1-19-7-6-10-24(31)26(19)37-13-11-22(12-14-37)39-17-21-15-38(18-25(28(41)42)36(2)3)35-27(21)40(29(39)43)16-20-8-4-5-9-23(20)30(32,33)34/h4-10,15,22,25H,11-14,16-18H2,1-3H3,(H,41,42). The Bertz CT molecular complexity index is 1480. The van der Waals surface area contributed by atoms with Crippen LogP contribution in [0, 0.1) is 12.7 Å². The summed E-state index contributed by atoms with van der Waals surface area (Å²) >= 11 is 0. The highest BCUT2D eigenvalue weighted by Crippen LogP contribution is 2.37. The number of aromatic nitrogens is 2. The van der Waals surface area contributed by atoms with Crippen molar-refractivity contribution >= 4 is 23.5 Å².